The number of ether oxygens (including phenoxy) is 1. The molecule has 2 fully saturated rings. The number of anilines is 2. The van der Waals surface area contributed by atoms with E-state index in [1.807, 2.05) is 11.8 Å². The first-order valence-electron chi connectivity index (χ1n) is 15.7. The van der Waals surface area contributed by atoms with E-state index in [0.29, 0.717) is 29.1 Å². The number of amides is 2. The van der Waals surface area contributed by atoms with Crippen LogP contribution < -0.4 is 25.8 Å². The number of carbonyl (C=O) groups is 2. The lowest BCUT2D eigenvalue weighted by Crippen LogP contribution is -2.51. The smallest absolute Gasteiger partial charge is 0.416 e. The third kappa shape index (κ3) is 6.58. The quantitative estimate of drug-likeness (QED) is 0.274. The van der Waals surface area contributed by atoms with Crippen LogP contribution in [0.3, 0.4) is 0 Å². The molecule has 4 aromatic rings. The molecule has 1 aromatic carbocycles. The van der Waals surface area contributed by atoms with E-state index < -0.39 is 29.0 Å². The predicted octanol–water partition coefficient (Wildman–Crippen LogP) is 4.51. The monoisotopic (exact) mass is 699 g/mol. The Bertz CT molecular complexity index is 2090. The third-order valence-electron chi connectivity index (χ3n) is 8.79. The van der Waals surface area contributed by atoms with E-state index in [4.69, 9.17) is 16.3 Å². The summed E-state index contributed by atoms with van der Waals surface area (Å²) >= 11 is 6.10. The lowest BCUT2D eigenvalue weighted by atomic mass is 10.1. The highest BCUT2D eigenvalue weighted by molar-refractivity contribution is 6.33. The molecule has 49 heavy (non-hydrogen) atoms. The lowest BCUT2D eigenvalue weighted by Gasteiger charge is -2.37. The fourth-order valence-electron chi connectivity index (χ4n) is 6.06. The first-order chi connectivity index (χ1) is 23.3. The number of nitrogens with one attached hydrogen (secondary N) is 2. The predicted molar refractivity (Wildman–Crippen MR) is 177 cm³/mol. The molecule has 0 spiro atoms. The number of methoxy groups -OCH3 is 1. The van der Waals surface area contributed by atoms with E-state index in [2.05, 4.69) is 20.3 Å². The van der Waals surface area contributed by atoms with E-state index in [-0.39, 0.29) is 77.4 Å². The molecule has 16 heteroatoms. The van der Waals surface area contributed by atoms with Gasteiger partial charge in [-0.3, -0.25) is 19.2 Å². The van der Waals surface area contributed by atoms with Crippen molar-refractivity contribution in [2.24, 2.45) is 0 Å². The van der Waals surface area contributed by atoms with Gasteiger partial charge in [0.25, 0.3) is 5.91 Å². The maximum atomic E-state index is 14.2. The minimum atomic E-state index is -4.60. The van der Waals surface area contributed by atoms with Gasteiger partial charge in [-0.05, 0) is 44.4 Å². The lowest BCUT2D eigenvalue weighted by molar-refractivity contribution is -0.137. The number of alkyl halides is 3. The van der Waals surface area contributed by atoms with Gasteiger partial charge < -0.3 is 29.4 Å². The molecule has 0 atom stereocenters. The van der Waals surface area contributed by atoms with Crippen LogP contribution in [0.25, 0.3) is 11.2 Å². The SMILES string of the molecule is CCc1c(N2CCN(C(=O)c3c(OC)[nH]cc(C)c3=O)CC2)c(=O)c2nc(C3CC3)cnc2n1CC(=O)Nc1ccc(C(F)(F)F)cc1Cl. The summed E-state index contributed by atoms with van der Waals surface area (Å²) in [4.78, 5) is 69.4. The second kappa shape index (κ2) is 13.2. The van der Waals surface area contributed by atoms with Gasteiger partial charge in [-0.1, -0.05) is 18.5 Å². The van der Waals surface area contributed by atoms with Crippen molar-refractivity contribution in [3.8, 4) is 5.88 Å². The van der Waals surface area contributed by atoms with Crippen LogP contribution in [0.5, 0.6) is 5.88 Å². The van der Waals surface area contributed by atoms with E-state index in [9.17, 15) is 32.3 Å². The molecule has 2 aliphatic rings. The van der Waals surface area contributed by atoms with Gasteiger partial charge in [-0.25, -0.2) is 9.97 Å². The number of pyridine rings is 2. The molecule has 0 radical (unpaired) electrons. The first-order valence-corrected chi connectivity index (χ1v) is 16.1. The van der Waals surface area contributed by atoms with Crippen LogP contribution in [-0.2, 0) is 23.9 Å². The van der Waals surface area contributed by atoms with E-state index in [1.165, 1.54) is 18.2 Å². The normalized spacial score (nSPS) is 15.1. The number of fused-ring (bicyclic) bond motifs is 1. The number of H-pyrrole nitrogens is 1. The van der Waals surface area contributed by atoms with Gasteiger partial charge in [0.05, 0.1) is 35.3 Å². The van der Waals surface area contributed by atoms with Crippen LogP contribution in [0.15, 0.2) is 40.2 Å². The number of hydrogen-bond acceptors (Lipinski definition) is 8. The Morgan fingerprint density at radius 1 is 1.12 bits per heavy atom. The highest BCUT2D eigenvalue weighted by Gasteiger charge is 2.33. The van der Waals surface area contributed by atoms with E-state index >= 15 is 0 Å². The summed E-state index contributed by atoms with van der Waals surface area (Å²) < 4.78 is 46.3. The van der Waals surface area contributed by atoms with Crippen molar-refractivity contribution < 1.29 is 27.5 Å². The number of hydrogen-bond donors (Lipinski definition) is 2. The number of carbonyl (C=O) groups excluding carboxylic acids is 2. The summed E-state index contributed by atoms with van der Waals surface area (Å²) in [6.07, 6.45) is 0.642. The van der Waals surface area contributed by atoms with Gasteiger partial charge >= 0.3 is 6.18 Å². The third-order valence-corrected chi connectivity index (χ3v) is 9.11. The number of aromatic amines is 1. The van der Waals surface area contributed by atoms with Crippen molar-refractivity contribution >= 4 is 46.0 Å². The van der Waals surface area contributed by atoms with Crippen molar-refractivity contribution in [3.05, 3.63) is 84.1 Å². The van der Waals surface area contributed by atoms with Crippen LogP contribution in [-0.4, -0.2) is 69.5 Å². The largest absolute Gasteiger partial charge is 0.482 e. The van der Waals surface area contributed by atoms with Gasteiger partial charge in [-0.2, -0.15) is 13.2 Å². The Kier molecular flexibility index (Phi) is 9.13. The number of aryl methyl sites for hydroxylation is 1. The first kappa shape index (κ1) is 34.0. The van der Waals surface area contributed by atoms with E-state index in [1.54, 1.807) is 17.7 Å². The van der Waals surface area contributed by atoms with Crippen molar-refractivity contribution in [2.45, 2.75) is 51.7 Å². The number of benzene rings is 1. The Balaban J connectivity index is 1.33. The molecule has 0 bridgehead atoms. The highest BCUT2D eigenvalue weighted by atomic mass is 35.5. The minimum Gasteiger partial charge on any atom is -0.482 e. The van der Waals surface area contributed by atoms with Crippen LogP contribution in [0.1, 0.15) is 58.6 Å². The molecule has 258 valence electrons. The van der Waals surface area contributed by atoms with Gasteiger partial charge in [0.2, 0.25) is 22.6 Å². The van der Waals surface area contributed by atoms with Gasteiger partial charge in [0.1, 0.15) is 17.8 Å². The molecule has 3 aromatic heterocycles. The second-order valence-corrected chi connectivity index (χ2v) is 12.4. The van der Waals surface area contributed by atoms with Crippen molar-refractivity contribution in [2.75, 3.05) is 43.5 Å². The summed E-state index contributed by atoms with van der Waals surface area (Å²) in [5, 5.41) is 2.30. The average Bonchev–Trinajstić information content (AvgIpc) is 3.93. The van der Waals surface area contributed by atoms with Crippen LogP contribution in [0.2, 0.25) is 5.02 Å². The van der Waals surface area contributed by atoms with Crippen LogP contribution >= 0.6 is 11.6 Å². The van der Waals surface area contributed by atoms with Crippen molar-refractivity contribution in [1.82, 2.24) is 24.4 Å². The molecular weight excluding hydrogens is 667 g/mol. The minimum absolute atomic E-state index is 0.00439. The zero-order valence-electron chi connectivity index (χ0n) is 26.9. The van der Waals surface area contributed by atoms with E-state index in [0.717, 1.165) is 31.0 Å². The fraction of sp³-hybridized carbons (Fsp3) is 0.394. The number of piperazine rings is 1. The summed E-state index contributed by atoms with van der Waals surface area (Å²) in [7, 11) is 1.36. The summed E-state index contributed by atoms with van der Waals surface area (Å²) in [5.41, 5.74) is 0.296. The van der Waals surface area contributed by atoms with Crippen LogP contribution in [0, 0.1) is 6.92 Å². The molecule has 1 saturated heterocycles. The van der Waals surface area contributed by atoms with Gasteiger partial charge in [0, 0.05) is 49.6 Å². The Morgan fingerprint density at radius 3 is 2.45 bits per heavy atom. The Hall–Kier alpha value is -4.92. The molecular formula is C33H33ClF3N7O5. The number of nitrogens with zero attached hydrogens (tertiary/aromatic N) is 5. The Morgan fingerprint density at radius 2 is 1.84 bits per heavy atom. The molecule has 2 N–H and O–H groups in total. The highest BCUT2D eigenvalue weighted by Crippen LogP contribution is 2.39. The molecule has 6 rings (SSSR count). The zero-order valence-corrected chi connectivity index (χ0v) is 27.7. The van der Waals surface area contributed by atoms with Gasteiger partial charge in [0.15, 0.2) is 11.2 Å². The molecule has 0 unspecified atom stereocenters. The fourth-order valence-corrected chi connectivity index (χ4v) is 6.29. The topological polar surface area (TPSA) is 143 Å². The molecule has 12 nitrogen and oxygen atoms in total. The Labute approximate surface area is 282 Å². The molecule has 4 heterocycles. The second-order valence-electron chi connectivity index (χ2n) is 12.0. The summed E-state index contributed by atoms with van der Waals surface area (Å²) in [5.74, 6) is -0.838. The number of rotatable bonds is 8. The average molecular weight is 700 g/mol. The number of aromatic nitrogens is 4. The van der Waals surface area contributed by atoms with Crippen LogP contribution in [0.4, 0.5) is 24.5 Å². The maximum Gasteiger partial charge on any atom is 0.416 e. The standard InChI is InChI=1S/C33H33ClF3N7O5/c1-4-23-27(42-9-11-43(12-10-42)32(48)25-28(46)17(2)14-39-31(25)49-3)29(47)26-30(38-15-22(41-26)18-5-6-18)44(23)16-24(45)40-21-8-7-19(13-20(21)34)33(35,36)37/h7-8,13-15,18H,4-6,9-12,16H2,1-3H3,(H,39,46)(H,40,45). The maximum absolute atomic E-state index is 14.2. The summed E-state index contributed by atoms with van der Waals surface area (Å²) in [6.45, 7) is 3.96. The summed E-state index contributed by atoms with van der Waals surface area (Å²) in [6, 6.07) is 2.65. The van der Waals surface area contributed by atoms with Crippen molar-refractivity contribution in [1.29, 1.82) is 0 Å². The molecule has 2 amide bonds. The number of halogens is 4. The van der Waals surface area contributed by atoms with Gasteiger partial charge in [-0.15, -0.1) is 0 Å². The zero-order chi connectivity index (χ0) is 35.2. The molecule has 1 saturated carbocycles. The van der Waals surface area contributed by atoms with Crippen molar-refractivity contribution in [3.63, 3.8) is 0 Å². The molecule has 1 aliphatic heterocycles. The molecule has 1 aliphatic carbocycles.